The second-order valence-corrected chi connectivity index (χ2v) is 18.8. The number of nitrogens with zero attached hydrogens (tertiary/aromatic N) is 3. The molecule has 2 aromatic heterocycles. The maximum Gasteiger partial charge on any atom is 3.00 e. The van der Waals surface area contributed by atoms with E-state index >= 15 is 0 Å². The van der Waals surface area contributed by atoms with Crippen LogP contribution < -0.4 is 4.98 Å². The van der Waals surface area contributed by atoms with E-state index in [2.05, 4.69) is 180 Å². The molecule has 278 valence electrons. The van der Waals surface area contributed by atoms with Crippen molar-refractivity contribution in [2.24, 2.45) is 0 Å². The van der Waals surface area contributed by atoms with Crippen molar-refractivity contribution in [3.8, 4) is 44.8 Å². The van der Waals surface area contributed by atoms with Gasteiger partial charge in [-0.1, -0.05) is 143 Å². The van der Waals surface area contributed by atoms with Gasteiger partial charge in [-0.05, 0) is 60.2 Å². The number of rotatable bonds is 4. The predicted octanol–water partition coefficient (Wildman–Crippen LogP) is 13.2. The van der Waals surface area contributed by atoms with Crippen LogP contribution in [0.15, 0.2) is 97.3 Å². The SMILES string of the molecule is CC(C)(C)c1c[c-]c(-c2[c-]c(-c3cncc(-c4cc(C(C)(C)C)cc5c4[n-]c4ccc(C(C)(C)C)cc45)n3)cc(-c3ccc(C(C)(C)C)cc3)c2)cc1.[Au+3]. The maximum absolute atomic E-state index is 5.33. The smallest absolute Gasteiger partial charge is 0.656 e. The first-order valence-electron chi connectivity index (χ1n) is 18.8. The number of hydrogen-bond acceptors (Lipinski definition) is 2. The van der Waals surface area contributed by atoms with Gasteiger partial charge in [0, 0.05) is 11.9 Å². The normalized spacial score (nSPS) is 12.7. The van der Waals surface area contributed by atoms with Crippen LogP contribution in [0.3, 0.4) is 0 Å². The zero-order valence-corrected chi connectivity index (χ0v) is 36.0. The van der Waals surface area contributed by atoms with Crippen molar-refractivity contribution in [3.63, 3.8) is 0 Å². The van der Waals surface area contributed by atoms with Gasteiger partial charge in [-0.3, -0.25) is 9.97 Å². The van der Waals surface area contributed by atoms with Gasteiger partial charge in [-0.15, -0.1) is 34.3 Å². The fourth-order valence-electron chi connectivity index (χ4n) is 6.89. The van der Waals surface area contributed by atoms with Crippen LogP contribution in [0.25, 0.3) is 66.6 Å². The fraction of sp³-hybridized carbons (Fsp3) is 0.320. The van der Waals surface area contributed by atoms with Gasteiger partial charge in [0.25, 0.3) is 0 Å². The van der Waals surface area contributed by atoms with Crippen LogP contribution in [-0.2, 0) is 44.0 Å². The van der Waals surface area contributed by atoms with Crippen LogP contribution in [0.1, 0.15) is 105 Å². The van der Waals surface area contributed by atoms with Crippen molar-refractivity contribution < 1.29 is 22.4 Å². The minimum atomic E-state index is -0.0716. The van der Waals surface area contributed by atoms with Gasteiger partial charge in [-0.2, -0.15) is 35.9 Å². The summed E-state index contributed by atoms with van der Waals surface area (Å²) in [6, 6.07) is 38.4. The molecule has 0 unspecified atom stereocenters. The van der Waals surface area contributed by atoms with Crippen molar-refractivity contribution >= 4 is 21.8 Å². The summed E-state index contributed by atoms with van der Waals surface area (Å²) in [5, 5.41) is 2.34. The third kappa shape index (κ3) is 7.91. The molecule has 4 heteroatoms. The predicted molar refractivity (Wildman–Crippen MR) is 225 cm³/mol. The van der Waals surface area contributed by atoms with E-state index in [4.69, 9.17) is 15.0 Å². The van der Waals surface area contributed by atoms with E-state index < -0.39 is 0 Å². The van der Waals surface area contributed by atoms with Crippen molar-refractivity contribution in [1.29, 1.82) is 0 Å². The first-order valence-corrected chi connectivity index (χ1v) is 18.8. The molecule has 0 aliphatic heterocycles. The van der Waals surface area contributed by atoms with Crippen LogP contribution in [0, 0.1) is 12.1 Å². The van der Waals surface area contributed by atoms with Gasteiger partial charge in [0.05, 0.1) is 11.9 Å². The third-order valence-corrected chi connectivity index (χ3v) is 10.5. The largest absolute Gasteiger partial charge is 3.00 e. The average Bonchev–Trinajstić information content (AvgIpc) is 3.48. The first-order chi connectivity index (χ1) is 24.8. The summed E-state index contributed by atoms with van der Waals surface area (Å²) in [6.07, 6.45) is 3.73. The molecule has 0 atom stereocenters. The van der Waals surface area contributed by atoms with Crippen molar-refractivity contribution in [2.75, 3.05) is 0 Å². The van der Waals surface area contributed by atoms with Crippen LogP contribution in [0.4, 0.5) is 0 Å². The van der Waals surface area contributed by atoms with E-state index in [1.807, 2.05) is 12.4 Å². The molecule has 0 radical (unpaired) electrons. The molecule has 0 amide bonds. The second-order valence-electron chi connectivity index (χ2n) is 18.8. The molecule has 0 bridgehead atoms. The summed E-state index contributed by atoms with van der Waals surface area (Å²) in [7, 11) is 0. The molecule has 0 fully saturated rings. The topological polar surface area (TPSA) is 39.9 Å². The molecule has 0 N–H and O–H groups in total. The van der Waals surface area contributed by atoms with E-state index in [9.17, 15) is 0 Å². The zero-order chi connectivity index (χ0) is 38.1. The number of hydrogen-bond donors (Lipinski definition) is 0. The molecule has 2 heterocycles. The van der Waals surface area contributed by atoms with E-state index in [1.165, 1.54) is 27.6 Å². The number of fused-ring (bicyclic) bond motifs is 3. The minimum absolute atomic E-state index is 0. The summed E-state index contributed by atoms with van der Waals surface area (Å²) in [4.78, 5) is 15.3. The van der Waals surface area contributed by atoms with Crippen LogP contribution >= 0.6 is 0 Å². The Hall–Kier alpha value is -4.28. The van der Waals surface area contributed by atoms with Crippen LogP contribution in [-0.4, -0.2) is 9.97 Å². The summed E-state index contributed by atoms with van der Waals surface area (Å²) in [6.45, 7) is 27.0. The van der Waals surface area contributed by atoms with Crippen molar-refractivity contribution in [3.05, 3.63) is 132 Å². The van der Waals surface area contributed by atoms with E-state index in [1.54, 1.807) is 0 Å². The molecule has 7 rings (SSSR count). The standard InChI is InChI=1S/C50H52N3.Au/c1-47(2,3)36-17-13-31(14-18-36)33-23-34(32-15-19-37(20-16-32)48(4,5)6)25-35(24-33)44-29-51-30-45(52-44)42-28-39(50(10,11)12)27-41-40-26-38(49(7,8)9)21-22-43(40)53-46(41)42;/h13-15,17-24,26-30H,1-12H3;/q-3;+3. The summed E-state index contributed by atoms with van der Waals surface area (Å²) < 4.78 is 0. The molecule has 0 aliphatic rings. The molecule has 3 nitrogen and oxygen atoms in total. The molecule has 0 aliphatic carbocycles. The Kier molecular flexibility index (Phi) is 10.3. The molecule has 0 saturated carbocycles. The Bertz CT molecular complexity index is 2380. The van der Waals surface area contributed by atoms with E-state index in [-0.39, 0.29) is 44.0 Å². The Morgan fingerprint density at radius 2 is 1.07 bits per heavy atom. The summed E-state index contributed by atoms with van der Waals surface area (Å²) in [5.41, 5.74) is 14.8. The monoisotopic (exact) mass is 891 g/mol. The summed E-state index contributed by atoms with van der Waals surface area (Å²) in [5.74, 6) is 0. The Labute approximate surface area is 338 Å². The van der Waals surface area contributed by atoms with Crippen LogP contribution in [0.5, 0.6) is 0 Å². The molecule has 0 saturated heterocycles. The fourth-order valence-corrected chi connectivity index (χ4v) is 6.89. The maximum atomic E-state index is 5.33. The molecule has 5 aromatic carbocycles. The van der Waals surface area contributed by atoms with Crippen molar-refractivity contribution in [1.82, 2.24) is 15.0 Å². The molecule has 7 aromatic rings. The van der Waals surface area contributed by atoms with Gasteiger partial charge >= 0.3 is 22.4 Å². The number of benzene rings is 5. The summed E-state index contributed by atoms with van der Waals surface area (Å²) >= 11 is 0. The quantitative estimate of drug-likeness (QED) is 0.131. The third-order valence-electron chi connectivity index (χ3n) is 10.5. The van der Waals surface area contributed by atoms with E-state index in [0.29, 0.717) is 0 Å². The number of aromatic nitrogens is 3. The van der Waals surface area contributed by atoms with Gasteiger partial charge in [-0.25, -0.2) is 5.56 Å². The van der Waals surface area contributed by atoms with Crippen LogP contribution in [0.2, 0.25) is 0 Å². The molecular weight excluding hydrogens is 840 g/mol. The van der Waals surface area contributed by atoms with Crippen molar-refractivity contribution in [2.45, 2.75) is 105 Å². The Balaban J connectivity index is 0.00000497. The second kappa shape index (κ2) is 14.1. The Morgan fingerprint density at radius 3 is 1.69 bits per heavy atom. The van der Waals surface area contributed by atoms with Gasteiger partial charge in [0.1, 0.15) is 0 Å². The van der Waals surface area contributed by atoms with Gasteiger partial charge in [0.2, 0.25) is 0 Å². The van der Waals surface area contributed by atoms with Gasteiger partial charge in [0.15, 0.2) is 0 Å². The molecular formula is C50H52AuN3. The average molecular weight is 892 g/mol. The van der Waals surface area contributed by atoms with Gasteiger partial charge < -0.3 is 4.98 Å². The molecule has 0 spiro atoms. The Morgan fingerprint density at radius 1 is 0.500 bits per heavy atom. The zero-order valence-electron chi connectivity index (χ0n) is 33.9. The molecule has 54 heavy (non-hydrogen) atoms. The first kappa shape index (κ1) is 39.4. The minimum Gasteiger partial charge on any atom is -0.656 e. The van der Waals surface area contributed by atoms with E-state index in [0.717, 1.165) is 61.2 Å².